The molecule has 1 aromatic heterocycles. The molecule has 2 aromatic carbocycles. The van der Waals surface area contributed by atoms with Gasteiger partial charge in [0.25, 0.3) is 0 Å². The van der Waals surface area contributed by atoms with Crippen molar-refractivity contribution < 1.29 is 4.79 Å². The normalized spacial score (nSPS) is 10.9. The molecule has 0 unspecified atom stereocenters. The van der Waals surface area contributed by atoms with Gasteiger partial charge < -0.3 is 4.90 Å². The number of carbonyl (C=O) groups is 1. The Morgan fingerprint density at radius 3 is 2.20 bits per heavy atom. The van der Waals surface area contributed by atoms with Crippen LogP contribution in [0.1, 0.15) is 39.2 Å². The number of thioether (sulfide) groups is 1. The zero-order valence-electron chi connectivity index (χ0n) is 18.0. The summed E-state index contributed by atoms with van der Waals surface area (Å²) in [6.07, 6.45) is 2.93. The van der Waals surface area contributed by atoms with E-state index >= 15 is 0 Å². The molecule has 0 fully saturated rings. The first-order valence-electron chi connectivity index (χ1n) is 10.7. The number of carbonyl (C=O) groups excluding carboxylic acids is 1. The number of aromatic nitrogens is 3. The van der Waals surface area contributed by atoms with Gasteiger partial charge in [0.05, 0.1) is 5.75 Å². The molecule has 3 rings (SSSR count). The fourth-order valence-corrected chi connectivity index (χ4v) is 4.22. The van der Waals surface area contributed by atoms with Crippen LogP contribution in [0.15, 0.2) is 59.8 Å². The van der Waals surface area contributed by atoms with E-state index in [4.69, 9.17) is 0 Å². The highest BCUT2D eigenvalue weighted by atomic mass is 32.2. The highest BCUT2D eigenvalue weighted by Gasteiger charge is 2.19. The quantitative estimate of drug-likeness (QED) is 0.419. The Morgan fingerprint density at radius 2 is 1.60 bits per heavy atom. The molecule has 0 N–H and O–H groups in total. The van der Waals surface area contributed by atoms with Crippen LogP contribution < -0.4 is 0 Å². The molecule has 0 saturated heterocycles. The Labute approximate surface area is 183 Å². The zero-order valence-corrected chi connectivity index (χ0v) is 18.9. The highest BCUT2D eigenvalue weighted by molar-refractivity contribution is 7.99. The molecule has 30 heavy (non-hydrogen) atoms. The van der Waals surface area contributed by atoms with Crippen LogP contribution in [0.3, 0.4) is 0 Å². The number of aryl methyl sites for hydroxylation is 1. The lowest BCUT2D eigenvalue weighted by Crippen LogP contribution is -2.33. The second-order valence-corrected chi connectivity index (χ2v) is 8.14. The monoisotopic (exact) mass is 422 g/mol. The topological polar surface area (TPSA) is 51.0 Å². The van der Waals surface area contributed by atoms with E-state index in [1.807, 2.05) is 35.2 Å². The molecule has 0 aliphatic carbocycles. The molecule has 0 atom stereocenters. The molecule has 3 aromatic rings. The summed E-state index contributed by atoms with van der Waals surface area (Å²) in [5.74, 6) is 1.30. The standard InChI is InChI=1S/C24H30N4OS/c1-4-16-27(17-5-2)22(29)18-30-24-26-25-23(20-10-8-7-9-11-20)28(24)21-14-12-19(6-3)13-15-21/h7-15H,4-6,16-18H2,1-3H3. The largest absolute Gasteiger partial charge is 0.342 e. The van der Waals surface area contributed by atoms with Crippen molar-refractivity contribution >= 4 is 17.7 Å². The Morgan fingerprint density at radius 1 is 0.933 bits per heavy atom. The highest BCUT2D eigenvalue weighted by Crippen LogP contribution is 2.28. The van der Waals surface area contributed by atoms with Gasteiger partial charge in [0.15, 0.2) is 11.0 Å². The predicted octanol–water partition coefficient (Wildman–Crippen LogP) is 5.24. The second kappa shape index (κ2) is 11.0. The summed E-state index contributed by atoms with van der Waals surface area (Å²) in [5, 5.41) is 9.64. The van der Waals surface area contributed by atoms with Crippen LogP contribution in [0.2, 0.25) is 0 Å². The van der Waals surface area contributed by atoms with E-state index in [9.17, 15) is 4.79 Å². The molecule has 0 bridgehead atoms. The average Bonchev–Trinajstić information content (AvgIpc) is 3.22. The summed E-state index contributed by atoms with van der Waals surface area (Å²) >= 11 is 1.45. The Hall–Kier alpha value is -2.60. The van der Waals surface area contributed by atoms with Crippen LogP contribution in [0.4, 0.5) is 0 Å². The van der Waals surface area contributed by atoms with Crippen molar-refractivity contribution in [1.29, 1.82) is 0 Å². The van der Waals surface area contributed by atoms with Crippen LogP contribution >= 0.6 is 11.8 Å². The van der Waals surface area contributed by atoms with Gasteiger partial charge in [0.1, 0.15) is 0 Å². The number of nitrogens with zero attached hydrogens (tertiary/aromatic N) is 4. The molecule has 0 saturated carbocycles. The molecular weight excluding hydrogens is 392 g/mol. The van der Waals surface area contributed by atoms with Crippen molar-refractivity contribution in [3.63, 3.8) is 0 Å². The fourth-order valence-electron chi connectivity index (χ4n) is 3.37. The Balaban J connectivity index is 1.90. The van der Waals surface area contributed by atoms with Crippen molar-refractivity contribution in [3.05, 3.63) is 60.2 Å². The van der Waals surface area contributed by atoms with Gasteiger partial charge in [-0.1, -0.05) is 75.0 Å². The lowest BCUT2D eigenvalue weighted by Gasteiger charge is -2.21. The van der Waals surface area contributed by atoms with Crippen molar-refractivity contribution in [1.82, 2.24) is 19.7 Å². The minimum atomic E-state index is 0.154. The molecule has 158 valence electrons. The van der Waals surface area contributed by atoms with E-state index in [1.165, 1.54) is 17.3 Å². The summed E-state index contributed by atoms with van der Waals surface area (Å²) in [4.78, 5) is 14.7. The van der Waals surface area contributed by atoms with E-state index < -0.39 is 0 Å². The van der Waals surface area contributed by atoms with Crippen molar-refractivity contribution in [2.45, 2.75) is 45.2 Å². The van der Waals surface area contributed by atoms with E-state index in [1.54, 1.807) is 0 Å². The molecule has 0 radical (unpaired) electrons. The molecular formula is C24H30N4OS. The summed E-state index contributed by atoms with van der Waals surface area (Å²) in [5.41, 5.74) is 3.29. The van der Waals surface area contributed by atoms with E-state index in [2.05, 4.69) is 59.8 Å². The zero-order chi connectivity index (χ0) is 21.3. The van der Waals surface area contributed by atoms with E-state index in [0.717, 1.165) is 54.6 Å². The van der Waals surface area contributed by atoms with Crippen molar-refractivity contribution in [2.24, 2.45) is 0 Å². The second-order valence-electron chi connectivity index (χ2n) is 7.20. The van der Waals surface area contributed by atoms with Crippen LogP contribution in [0.25, 0.3) is 17.1 Å². The maximum atomic E-state index is 12.8. The first-order chi connectivity index (χ1) is 14.7. The maximum absolute atomic E-state index is 12.8. The molecule has 5 nitrogen and oxygen atoms in total. The number of hydrogen-bond donors (Lipinski definition) is 0. The van der Waals surface area contributed by atoms with Gasteiger partial charge in [-0.3, -0.25) is 9.36 Å². The minimum absolute atomic E-state index is 0.154. The van der Waals surface area contributed by atoms with Gasteiger partial charge >= 0.3 is 0 Å². The fraction of sp³-hybridized carbons (Fsp3) is 0.375. The van der Waals surface area contributed by atoms with Crippen molar-refractivity contribution in [2.75, 3.05) is 18.8 Å². The van der Waals surface area contributed by atoms with Crippen molar-refractivity contribution in [3.8, 4) is 17.1 Å². The Kier molecular flexibility index (Phi) is 8.08. The first-order valence-corrected chi connectivity index (χ1v) is 11.7. The molecule has 0 aliphatic rings. The summed E-state index contributed by atoms with van der Waals surface area (Å²) in [7, 11) is 0. The number of amides is 1. The smallest absolute Gasteiger partial charge is 0.233 e. The summed E-state index contributed by atoms with van der Waals surface area (Å²) in [6.45, 7) is 7.95. The molecule has 0 spiro atoms. The van der Waals surface area contributed by atoms with Gasteiger partial charge in [-0.25, -0.2) is 0 Å². The maximum Gasteiger partial charge on any atom is 0.233 e. The molecule has 1 heterocycles. The minimum Gasteiger partial charge on any atom is -0.342 e. The average molecular weight is 423 g/mol. The Bertz CT molecular complexity index is 932. The van der Waals surface area contributed by atoms with Gasteiger partial charge in [0.2, 0.25) is 5.91 Å². The molecule has 0 aliphatic heterocycles. The lowest BCUT2D eigenvalue weighted by molar-refractivity contribution is -0.128. The van der Waals surface area contributed by atoms with Crippen LogP contribution in [-0.4, -0.2) is 44.4 Å². The third-order valence-corrected chi connectivity index (χ3v) is 5.85. The third kappa shape index (κ3) is 5.30. The van der Waals surface area contributed by atoms with Crippen LogP contribution in [0, 0.1) is 0 Å². The molecule has 1 amide bonds. The van der Waals surface area contributed by atoms with Crippen LogP contribution in [0.5, 0.6) is 0 Å². The van der Waals surface area contributed by atoms with E-state index in [0.29, 0.717) is 5.75 Å². The van der Waals surface area contributed by atoms with Gasteiger partial charge in [-0.15, -0.1) is 10.2 Å². The molecule has 6 heteroatoms. The lowest BCUT2D eigenvalue weighted by atomic mass is 10.1. The van der Waals surface area contributed by atoms with Crippen LogP contribution in [-0.2, 0) is 11.2 Å². The first kappa shape index (κ1) is 22.1. The van der Waals surface area contributed by atoms with Gasteiger partial charge in [-0.2, -0.15) is 0 Å². The number of rotatable bonds is 10. The number of hydrogen-bond acceptors (Lipinski definition) is 4. The SMILES string of the molecule is CCCN(CCC)C(=O)CSc1nnc(-c2ccccc2)n1-c1ccc(CC)cc1. The predicted molar refractivity (Wildman–Crippen MR) is 124 cm³/mol. The van der Waals surface area contributed by atoms with Gasteiger partial charge in [-0.05, 0) is 37.0 Å². The summed E-state index contributed by atoms with van der Waals surface area (Å²) < 4.78 is 2.05. The summed E-state index contributed by atoms with van der Waals surface area (Å²) in [6, 6.07) is 18.5. The number of benzene rings is 2. The van der Waals surface area contributed by atoms with E-state index in [-0.39, 0.29) is 5.91 Å². The van der Waals surface area contributed by atoms with Gasteiger partial charge in [0, 0.05) is 24.3 Å². The third-order valence-electron chi connectivity index (χ3n) is 4.93.